The van der Waals surface area contributed by atoms with Crippen LogP contribution < -0.4 is 0 Å². The number of pyridine rings is 1. The van der Waals surface area contributed by atoms with Crippen molar-refractivity contribution in [1.82, 2.24) is 4.98 Å². The SMILES string of the molecule is Cc1ccc(/C(=C\c2ccccn2)c2ccccc2)cc1. The zero-order valence-electron chi connectivity index (χ0n) is 12.0. The lowest BCUT2D eigenvalue weighted by Gasteiger charge is -2.09. The van der Waals surface area contributed by atoms with Crippen molar-refractivity contribution in [3.05, 3.63) is 101 Å². The molecule has 0 spiro atoms. The minimum absolute atomic E-state index is 0.969. The Kier molecular flexibility index (Phi) is 3.92. The smallest absolute Gasteiger partial charge is 0.0636 e. The molecule has 102 valence electrons. The van der Waals surface area contributed by atoms with Gasteiger partial charge in [0.1, 0.15) is 0 Å². The summed E-state index contributed by atoms with van der Waals surface area (Å²) in [5.74, 6) is 0. The molecule has 0 saturated heterocycles. The molecule has 1 heteroatoms. The van der Waals surface area contributed by atoms with Gasteiger partial charge in [0.2, 0.25) is 0 Å². The summed E-state index contributed by atoms with van der Waals surface area (Å²) in [4.78, 5) is 4.41. The largest absolute Gasteiger partial charge is 0.257 e. The van der Waals surface area contributed by atoms with Gasteiger partial charge in [-0.2, -0.15) is 0 Å². The first-order chi connectivity index (χ1) is 10.3. The fourth-order valence-electron chi connectivity index (χ4n) is 2.29. The van der Waals surface area contributed by atoms with Gasteiger partial charge in [-0.25, -0.2) is 0 Å². The van der Waals surface area contributed by atoms with Crippen molar-refractivity contribution < 1.29 is 0 Å². The molecule has 1 nitrogen and oxygen atoms in total. The normalized spacial score (nSPS) is 11.4. The highest BCUT2D eigenvalue weighted by Crippen LogP contribution is 2.25. The van der Waals surface area contributed by atoms with Crippen molar-refractivity contribution >= 4 is 11.6 Å². The molecule has 0 aliphatic rings. The van der Waals surface area contributed by atoms with Crippen LogP contribution in [0.15, 0.2) is 79.0 Å². The van der Waals surface area contributed by atoms with E-state index >= 15 is 0 Å². The first-order valence-electron chi connectivity index (χ1n) is 7.08. The Labute approximate surface area is 125 Å². The highest BCUT2D eigenvalue weighted by atomic mass is 14.6. The number of rotatable bonds is 3. The molecule has 0 bridgehead atoms. The number of hydrogen-bond donors (Lipinski definition) is 0. The predicted molar refractivity (Wildman–Crippen MR) is 88.8 cm³/mol. The van der Waals surface area contributed by atoms with E-state index in [1.54, 1.807) is 0 Å². The Morgan fingerprint density at radius 2 is 1.43 bits per heavy atom. The maximum absolute atomic E-state index is 4.41. The molecular weight excluding hydrogens is 254 g/mol. The molecule has 0 N–H and O–H groups in total. The van der Waals surface area contributed by atoms with E-state index in [4.69, 9.17) is 0 Å². The summed E-state index contributed by atoms with van der Waals surface area (Å²) in [6, 6.07) is 25.0. The second kappa shape index (κ2) is 6.19. The molecule has 3 aromatic rings. The van der Waals surface area contributed by atoms with Crippen LogP contribution in [-0.2, 0) is 0 Å². The van der Waals surface area contributed by atoms with E-state index in [9.17, 15) is 0 Å². The maximum Gasteiger partial charge on any atom is 0.0636 e. The van der Waals surface area contributed by atoms with Gasteiger partial charge in [0.05, 0.1) is 5.69 Å². The second-order valence-electron chi connectivity index (χ2n) is 5.04. The molecule has 2 aromatic carbocycles. The fourth-order valence-corrected chi connectivity index (χ4v) is 2.29. The van der Waals surface area contributed by atoms with Crippen LogP contribution >= 0.6 is 0 Å². The molecule has 1 aromatic heterocycles. The van der Waals surface area contributed by atoms with Gasteiger partial charge in [-0.15, -0.1) is 0 Å². The lowest BCUT2D eigenvalue weighted by atomic mass is 9.96. The average molecular weight is 271 g/mol. The zero-order chi connectivity index (χ0) is 14.5. The predicted octanol–water partition coefficient (Wildman–Crippen LogP) is 4.98. The third-order valence-corrected chi connectivity index (χ3v) is 3.43. The minimum Gasteiger partial charge on any atom is -0.257 e. The number of hydrogen-bond acceptors (Lipinski definition) is 1. The van der Waals surface area contributed by atoms with Gasteiger partial charge in [0, 0.05) is 6.20 Å². The Morgan fingerprint density at radius 3 is 2.10 bits per heavy atom. The Hall–Kier alpha value is -2.67. The lowest BCUT2D eigenvalue weighted by molar-refractivity contribution is 1.29. The molecule has 0 amide bonds. The maximum atomic E-state index is 4.41. The molecule has 0 atom stereocenters. The molecule has 0 aliphatic heterocycles. The standard InChI is InChI=1S/C20H17N/c1-16-10-12-18(13-11-16)20(17-7-3-2-4-8-17)15-19-9-5-6-14-21-19/h2-15H,1H3/b20-15-. The summed E-state index contributed by atoms with van der Waals surface area (Å²) in [5, 5.41) is 0. The van der Waals surface area contributed by atoms with Gasteiger partial charge in [0.15, 0.2) is 0 Å². The number of nitrogens with zero attached hydrogens (tertiary/aromatic N) is 1. The van der Waals surface area contributed by atoms with E-state index in [2.05, 4.69) is 66.5 Å². The second-order valence-corrected chi connectivity index (χ2v) is 5.04. The highest BCUT2D eigenvalue weighted by Gasteiger charge is 2.05. The van der Waals surface area contributed by atoms with Crippen molar-refractivity contribution in [2.75, 3.05) is 0 Å². The molecular formula is C20H17N. The zero-order valence-corrected chi connectivity index (χ0v) is 12.0. The van der Waals surface area contributed by atoms with E-state index in [0.29, 0.717) is 0 Å². The van der Waals surface area contributed by atoms with Crippen LogP contribution in [0.1, 0.15) is 22.4 Å². The molecule has 0 radical (unpaired) electrons. The van der Waals surface area contributed by atoms with Gasteiger partial charge in [-0.05, 0) is 41.8 Å². The van der Waals surface area contributed by atoms with E-state index < -0.39 is 0 Å². The quantitative estimate of drug-likeness (QED) is 0.654. The number of aromatic nitrogens is 1. The van der Waals surface area contributed by atoms with Crippen LogP contribution in [0.5, 0.6) is 0 Å². The van der Waals surface area contributed by atoms with Crippen LogP contribution in [-0.4, -0.2) is 4.98 Å². The van der Waals surface area contributed by atoms with Gasteiger partial charge >= 0.3 is 0 Å². The van der Waals surface area contributed by atoms with Crippen LogP contribution in [0.25, 0.3) is 11.6 Å². The van der Waals surface area contributed by atoms with Crippen molar-refractivity contribution in [1.29, 1.82) is 0 Å². The summed E-state index contributed by atoms with van der Waals surface area (Å²) < 4.78 is 0. The van der Waals surface area contributed by atoms with Gasteiger partial charge in [-0.1, -0.05) is 66.2 Å². The molecule has 1 heterocycles. The molecule has 0 aliphatic carbocycles. The van der Waals surface area contributed by atoms with E-state index in [0.717, 1.165) is 5.69 Å². The van der Waals surface area contributed by atoms with Gasteiger partial charge in [0.25, 0.3) is 0 Å². The van der Waals surface area contributed by atoms with Crippen LogP contribution in [0.4, 0.5) is 0 Å². The van der Waals surface area contributed by atoms with Crippen LogP contribution in [0.3, 0.4) is 0 Å². The monoisotopic (exact) mass is 271 g/mol. The van der Waals surface area contributed by atoms with Crippen molar-refractivity contribution in [2.24, 2.45) is 0 Å². The van der Waals surface area contributed by atoms with E-state index in [1.807, 2.05) is 30.5 Å². The van der Waals surface area contributed by atoms with Crippen molar-refractivity contribution in [3.63, 3.8) is 0 Å². The molecule has 3 rings (SSSR count). The van der Waals surface area contributed by atoms with Crippen LogP contribution in [0, 0.1) is 6.92 Å². The van der Waals surface area contributed by atoms with Crippen LogP contribution in [0.2, 0.25) is 0 Å². The van der Waals surface area contributed by atoms with Crippen molar-refractivity contribution in [2.45, 2.75) is 6.92 Å². The fraction of sp³-hybridized carbons (Fsp3) is 0.0500. The Morgan fingerprint density at radius 1 is 0.762 bits per heavy atom. The molecule has 0 unspecified atom stereocenters. The summed E-state index contributed by atoms with van der Waals surface area (Å²) in [6.45, 7) is 2.11. The first-order valence-corrected chi connectivity index (χ1v) is 7.08. The third-order valence-electron chi connectivity index (χ3n) is 3.43. The summed E-state index contributed by atoms with van der Waals surface area (Å²) in [6.07, 6.45) is 3.96. The first kappa shape index (κ1) is 13.3. The summed E-state index contributed by atoms with van der Waals surface area (Å²) in [7, 11) is 0. The number of benzene rings is 2. The van der Waals surface area contributed by atoms with Gasteiger partial charge < -0.3 is 0 Å². The Bertz CT molecular complexity index is 726. The molecule has 0 saturated carbocycles. The van der Waals surface area contributed by atoms with E-state index in [-0.39, 0.29) is 0 Å². The minimum atomic E-state index is 0.969. The molecule has 0 fully saturated rings. The van der Waals surface area contributed by atoms with Crippen molar-refractivity contribution in [3.8, 4) is 0 Å². The topological polar surface area (TPSA) is 12.9 Å². The lowest BCUT2D eigenvalue weighted by Crippen LogP contribution is -1.89. The average Bonchev–Trinajstić information content (AvgIpc) is 2.55. The number of aryl methyl sites for hydroxylation is 1. The highest BCUT2D eigenvalue weighted by molar-refractivity contribution is 5.90. The Balaban J connectivity index is 2.12. The third kappa shape index (κ3) is 3.26. The summed E-state index contributed by atoms with van der Waals surface area (Å²) >= 11 is 0. The van der Waals surface area contributed by atoms with Gasteiger partial charge in [-0.3, -0.25) is 4.98 Å². The summed E-state index contributed by atoms with van der Waals surface area (Å²) in [5.41, 5.74) is 5.83. The van der Waals surface area contributed by atoms with E-state index in [1.165, 1.54) is 22.3 Å². The molecule has 21 heavy (non-hydrogen) atoms.